The van der Waals surface area contributed by atoms with Gasteiger partial charge >= 0.3 is 0 Å². The number of imidazole rings is 1. The number of para-hydroxylation sites is 1. The average molecular weight is 385 g/mol. The maximum absolute atomic E-state index is 4.96. The number of hydrogen-bond donors (Lipinski definition) is 0. The van der Waals surface area contributed by atoms with Crippen LogP contribution in [-0.2, 0) is 13.6 Å². The van der Waals surface area contributed by atoms with Gasteiger partial charge in [0.25, 0.3) is 0 Å². The largest absolute Gasteiger partial charge is 0.353 e. The van der Waals surface area contributed by atoms with Gasteiger partial charge < -0.3 is 9.47 Å². The molecule has 4 aromatic rings. The van der Waals surface area contributed by atoms with Crippen molar-refractivity contribution in [3.05, 3.63) is 67.0 Å². The Kier molecular flexibility index (Phi) is 4.65. The molecule has 1 aliphatic heterocycles. The van der Waals surface area contributed by atoms with Crippen LogP contribution in [0.4, 0.5) is 5.82 Å². The van der Waals surface area contributed by atoms with E-state index in [0.717, 1.165) is 66.7 Å². The number of anilines is 1. The van der Waals surface area contributed by atoms with Crippen LogP contribution in [0.15, 0.2) is 61.2 Å². The predicted molar refractivity (Wildman–Crippen MR) is 113 cm³/mol. The van der Waals surface area contributed by atoms with Crippen LogP contribution in [0.3, 0.4) is 0 Å². The Labute approximate surface area is 169 Å². The third-order valence-corrected chi connectivity index (χ3v) is 5.48. The van der Waals surface area contributed by atoms with Gasteiger partial charge in [-0.05, 0) is 24.3 Å². The molecule has 0 N–H and O–H groups in total. The summed E-state index contributed by atoms with van der Waals surface area (Å²) in [5, 5.41) is 1.10. The van der Waals surface area contributed by atoms with Gasteiger partial charge in [0.05, 0.1) is 12.1 Å². The Bertz CT molecular complexity index is 1110. The van der Waals surface area contributed by atoms with Crippen molar-refractivity contribution >= 4 is 16.7 Å². The second-order valence-corrected chi connectivity index (χ2v) is 7.34. The number of pyridine rings is 1. The van der Waals surface area contributed by atoms with Gasteiger partial charge in [-0.15, -0.1) is 0 Å². The van der Waals surface area contributed by atoms with E-state index in [4.69, 9.17) is 9.97 Å². The number of fused-ring (bicyclic) bond motifs is 1. The first-order valence-electron chi connectivity index (χ1n) is 9.88. The monoisotopic (exact) mass is 385 g/mol. The Morgan fingerprint density at radius 2 is 1.69 bits per heavy atom. The van der Waals surface area contributed by atoms with Gasteiger partial charge in [-0.2, -0.15) is 0 Å². The Morgan fingerprint density at radius 1 is 0.897 bits per heavy atom. The molecule has 0 spiro atoms. The van der Waals surface area contributed by atoms with Crippen molar-refractivity contribution in [3.63, 3.8) is 0 Å². The van der Waals surface area contributed by atoms with Crippen LogP contribution in [0.1, 0.15) is 5.82 Å². The number of hydrogen-bond acceptors (Lipinski definition) is 6. The zero-order valence-corrected chi connectivity index (χ0v) is 16.4. The molecule has 7 nitrogen and oxygen atoms in total. The molecular weight excluding hydrogens is 362 g/mol. The zero-order chi connectivity index (χ0) is 19.6. The minimum atomic E-state index is 0.747. The molecule has 1 saturated heterocycles. The molecule has 1 aliphatic rings. The Morgan fingerprint density at radius 3 is 2.45 bits per heavy atom. The molecule has 1 aromatic carbocycles. The summed E-state index contributed by atoms with van der Waals surface area (Å²) in [5.74, 6) is 2.86. The summed E-state index contributed by atoms with van der Waals surface area (Å²) < 4.78 is 2.09. The number of aromatic nitrogens is 5. The molecule has 0 saturated carbocycles. The van der Waals surface area contributed by atoms with E-state index in [-0.39, 0.29) is 0 Å². The fraction of sp³-hybridized carbons (Fsp3) is 0.273. The molecule has 0 unspecified atom stereocenters. The second-order valence-electron chi connectivity index (χ2n) is 7.34. The van der Waals surface area contributed by atoms with Crippen molar-refractivity contribution in [2.45, 2.75) is 6.54 Å². The molecule has 0 atom stereocenters. The van der Waals surface area contributed by atoms with E-state index >= 15 is 0 Å². The Hall–Kier alpha value is -3.32. The van der Waals surface area contributed by atoms with Crippen LogP contribution in [0.2, 0.25) is 0 Å². The minimum absolute atomic E-state index is 0.747. The molecule has 0 aliphatic carbocycles. The third kappa shape index (κ3) is 3.56. The predicted octanol–water partition coefficient (Wildman–Crippen LogP) is 2.75. The summed E-state index contributed by atoms with van der Waals surface area (Å²) in [6.45, 7) is 4.71. The van der Waals surface area contributed by atoms with Crippen molar-refractivity contribution in [2.75, 3.05) is 31.1 Å². The van der Waals surface area contributed by atoms with E-state index in [2.05, 4.69) is 42.5 Å². The first-order chi connectivity index (χ1) is 14.3. The molecule has 5 rings (SSSR count). The molecule has 0 amide bonds. The highest BCUT2D eigenvalue weighted by Gasteiger charge is 2.22. The molecule has 1 fully saturated rings. The van der Waals surface area contributed by atoms with Crippen molar-refractivity contribution < 1.29 is 0 Å². The average Bonchev–Trinajstić information content (AvgIpc) is 3.18. The van der Waals surface area contributed by atoms with Gasteiger partial charge in [-0.3, -0.25) is 9.88 Å². The topological polar surface area (TPSA) is 63.0 Å². The summed E-state index contributed by atoms with van der Waals surface area (Å²) in [6, 6.07) is 12.2. The van der Waals surface area contributed by atoms with E-state index < -0.39 is 0 Å². The number of nitrogens with zero attached hydrogens (tertiary/aromatic N) is 7. The summed E-state index contributed by atoms with van der Waals surface area (Å²) in [4.78, 5) is 23.1. The third-order valence-electron chi connectivity index (χ3n) is 5.48. The highest BCUT2D eigenvalue weighted by molar-refractivity contribution is 5.91. The number of benzene rings is 1. The zero-order valence-electron chi connectivity index (χ0n) is 16.4. The van der Waals surface area contributed by atoms with E-state index in [1.165, 1.54) is 0 Å². The lowest BCUT2D eigenvalue weighted by Crippen LogP contribution is -2.46. The van der Waals surface area contributed by atoms with Crippen molar-refractivity contribution in [1.82, 2.24) is 29.4 Å². The highest BCUT2D eigenvalue weighted by Crippen LogP contribution is 2.28. The maximum Gasteiger partial charge on any atom is 0.162 e. The standard InChI is InChI=1S/C22H23N7/c1-27-11-10-24-20(27)16-28-12-14-29(15-13-28)22-18-4-2-3-5-19(18)25-21(26-22)17-6-8-23-9-7-17/h2-11H,12-16H2,1H3. The van der Waals surface area contributed by atoms with Crippen molar-refractivity contribution in [3.8, 4) is 11.4 Å². The van der Waals surface area contributed by atoms with Gasteiger partial charge in [0.1, 0.15) is 11.6 Å². The molecule has 0 bridgehead atoms. The van der Waals surface area contributed by atoms with Crippen LogP contribution in [-0.4, -0.2) is 55.6 Å². The van der Waals surface area contributed by atoms with E-state index in [1.54, 1.807) is 12.4 Å². The van der Waals surface area contributed by atoms with Gasteiger partial charge in [0.15, 0.2) is 5.82 Å². The van der Waals surface area contributed by atoms with Crippen LogP contribution < -0.4 is 4.90 Å². The molecule has 4 heterocycles. The smallest absolute Gasteiger partial charge is 0.162 e. The first-order valence-corrected chi connectivity index (χ1v) is 9.88. The highest BCUT2D eigenvalue weighted by atomic mass is 15.3. The second kappa shape index (κ2) is 7.60. The Balaban J connectivity index is 1.42. The molecule has 3 aromatic heterocycles. The number of aryl methyl sites for hydroxylation is 1. The number of piperazine rings is 1. The lowest BCUT2D eigenvalue weighted by molar-refractivity contribution is 0.241. The summed E-state index contributed by atoms with van der Waals surface area (Å²) >= 11 is 0. The lowest BCUT2D eigenvalue weighted by Gasteiger charge is -2.35. The normalized spacial score (nSPS) is 15.1. The van der Waals surface area contributed by atoms with E-state index in [1.807, 2.05) is 37.6 Å². The summed E-state index contributed by atoms with van der Waals surface area (Å²) in [5.41, 5.74) is 1.96. The van der Waals surface area contributed by atoms with Gasteiger partial charge in [0.2, 0.25) is 0 Å². The number of rotatable bonds is 4. The SMILES string of the molecule is Cn1ccnc1CN1CCN(c2nc(-c3ccncc3)nc3ccccc23)CC1. The van der Waals surface area contributed by atoms with Gasteiger partial charge in [-0.1, -0.05) is 12.1 Å². The molecule has 0 radical (unpaired) electrons. The van der Waals surface area contributed by atoms with Crippen LogP contribution in [0.5, 0.6) is 0 Å². The fourth-order valence-corrected chi connectivity index (χ4v) is 3.80. The van der Waals surface area contributed by atoms with Crippen LogP contribution >= 0.6 is 0 Å². The van der Waals surface area contributed by atoms with Gasteiger partial charge in [-0.25, -0.2) is 15.0 Å². The minimum Gasteiger partial charge on any atom is -0.353 e. The summed E-state index contributed by atoms with van der Waals surface area (Å²) in [7, 11) is 2.05. The fourth-order valence-electron chi connectivity index (χ4n) is 3.80. The van der Waals surface area contributed by atoms with E-state index in [0.29, 0.717) is 0 Å². The maximum atomic E-state index is 4.96. The first kappa shape index (κ1) is 17.8. The van der Waals surface area contributed by atoms with Gasteiger partial charge in [0, 0.05) is 69.0 Å². The van der Waals surface area contributed by atoms with Crippen molar-refractivity contribution in [1.29, 1.82) is 0 Å². The molecule has 29 heavy (non-hydrogen) atoms. The van der Waals surface area contributed by atoms with E-state index in [9.17, 15) is 0 Å². The van der Waals surface area contributed by atoms with Crippen LogP contribution in [0, 0.1) is 0 Å². The van der Waals surface area contributed by atoms with Crippen LogP contribution in [0.25, 0.3) is 22.3 Å². The van der Waals surface area contributed by atoms with Crippen molar-refractivity contribution in [2.24, 2.45) is 7.05 Å². The molecule has 146 valence electrons. The lowest BCUT2D eigenvalue weighted by atomic mass is 10.2. The molecular formula is C22H23N7. The quantitative estimate of drug-likeness (QED) is 0.538. The summed E-state index contributed by atoms with van der Waals surface area (Å²) in [6.07, 6.45) is 7.42. The molecule has 7 heteroatoms.